The molecule has 0 fully saturated rings. The maximum atomic E-state index is 12.3. The number of benzene rings is 2. The summed E-state index contributed by atoms with van der Waals surface area (Å²) in [5.74, 6) is 2.02. The van der Waals surface area contributed by atoms with E-state index >= 15 is 0 Å². The molecule has 2 heterocycles. The molecule has 0 bridgehead atoms. The van der Waals surface area contributed by atoms with Crippen LogP contribution in [-0.4, -0.2) is 34.4 Å². The molecule has 1 atom stereocenters. The molecule has 3 N–H and O–H groups in total. The Balaban J connectivity index is 1.80. The quantitative estimate of drug-likeness (QED) is 0.653. The second-order valence-electron chi connectivity index (χ2n) is 6.87. The molecule has 30 heavy (non-hydrogen) atoms. The van der Waals surface area contributed by atoms with Crippen LogP contribution in [0, 0.1) is 0 Å². The molecule has 1 aromatic heterocycles. The number of amides is 1. The second-order valence-corrected chi connectivity index (χ2v) is 6.87. The van der Waals surface area contributed by atoms with Gasteiger partial charge in [0.25, 0.3) is 0 Å². The molecule has 0 radical (unpaired) electrons. The van der Waals surface area contributed by atoms with E-state index in [1.54, 1.807) is 11.8 Å². The van der Waals surface area contributed by atoms with Gasteiger partial charge < -0.3 is 20.5 Å². The molecular formula is C22H23N5O3. The van der Waals surface area contributed by atoms with Crippen LogP contribution in [0.1, 0.15) is 25.5 Å². The van der Waals surface area contributed by atoms with Crippen LogP contribution in [0.2, 0.25) is 0 Å². The summed E-state index contributed by atoms with van der Waals surface area (Å²) in [5.41, 5.74) is 8.47. The largest absolute Gasteiger partial charge is 0.497 e. The lowest BCUT2D eigenvalue weighted by Gasteiger charge is -2.27. The van der Waals surface area contributed by atoms with Gasteiger partial charge in [0.05, 0.1) is 19.3 Å². The Hall–Kier alpha value is -3.81. The number of fused-ring (bicyclic) bond motifs is 1. The molecule has 1 amide bonds. The van der Waals surface area contributed by atoms with Crippen LogP contribution in [0.5, 0.6) is 11.5 Å². The third-order valence-corrected chi connectivity index (χ3v) is 4.95. The van der Waals surface area contributed by atoms with Gasteiger partial charge in [-0.2, -0.15) is 4.98 Å². The van der Waals surface area contributed by atoms with Gasteiger partial charge in [0, 0.05) is 11.3 Å². The average Bonchev–Trinajstić information content (AvgIpc) is 3.16. The maximum Gasteiger partial charge on any atom is 0.248 e. The molecule has 154 valence electrons. The van der Waals surface area contributed by atoms with Crippen molar-refractivity contribution in [1.29, 1.82) is 0 Å². The fourth-order valence-electron chi connectivity index (χ4n) is 3.58. The third kappa shape index (κ3) is 3.47. The number of methoxy groups -OCH3 is 1. The monoisotopic (exact) mass is 405 g/mol. The highest BCUT2D eigenvalue weighted by atomic mass is 16.5. The zero-order chi connectivity index (χ0) is 21.3. The number of rotatable bonds is 6. The van der Waals surface area contributed by atoms with Gasteiger partial charge >= 0.3 is 0 Å². The SMILES string of the molecule is CCOc1ccc(-c2nc3n(n2)C(c2cccc(OC)c2)C(C(N)=O)=C(C)N3)cc1. The van der Waals surface area contributed by atoms with E-state index in [2.05, 4.69) is 10.3 Å². The number of nitrogens with two attached hydrogens (primary N) is 1. The molecule has 3 aromatic rings. The zero-order valence-electron chi connectivity index (χ0n) is 17.0. The summed E-state index contributed by atoms with van der Waals surface area (Å²) in [6, 6.07) is 14.5. The molecule has 2 aromatic carbocycles. The summed E-state index contributed by atoms with van der Waals surface area (Å²) in [6.45, 7) is 4.35. The topological polar surface area (TPSA) is 104 Å². The highest BCUT2D eigenvalue weighted by Crippen LogP contribution is 2.37. The smallest absolute Gasteiger partial charge is 0.248 e. The molecule has 8 nitrogen and oxygen atoms in total. The standard InChI is InChI=1S/C22H23N5O3/c1-4-30-16-10-8-14(9-11-16)21-25-22-24-13(2)18(20(23)28)19(27(22)26-21)15-6-5-7-17(12-15)29-3/h5-12,19H,4H2,1-3H3,(H2,23,28)(H,24,25,26). The fraction of sp³-hybridized carbons (Fsp3) is 0.227. The van der Waals surface area contributed by atoms with Gasteiger partial charge in [-0.1, -0.05) is 12.1 Å². The number of hydrogen-bond donors (Lipinski definition) is 2. The highest BCUT2D eigenvalue weighted by Gasteiger charge is 2.33. The Morgan fingerprint density at radius 3 is 2.63 bits per heavy atom. The highest BCUT2D eigenvalue weighted by molar-refractivity contribution is 5.95. The van der Waals surface area contributed by atoms with Gasteiger partial charge in [-0.05, 0) is 55.8 Å². The molecule has 4 rings (SSSR count). The first-order chi connectivity index (χ1) is 14.5. The number of anilines is 1. The summed E-state index contributed by atoms with van der Waals surface area (Å²) >= 11 is 0. The Bertz CT molecular complexity index is 1120. The van der Waals surface area contributed by atoms with Gasteiger partial charge in [-0.15, -0.1) is 5.10 Å². The van der Waals surface area contributed by atoms with Crippen molar-refractivity contribution >= 4 is 11.9 Å². The summed E-state index contributed by atoms with van der Waals surface area (Å²) in [4.78, 5) is 16.9. The van der Waals surface area contributed by atoms with Crippen LogP contribution >= 0.6 is 0 Å². The molecule has 0 aliphatic carbocycles. The molecule has 1 aliphatic heterocycles. The van der Waals surface area contributed by atoms with Crippen molar-refractivity contribution in [3.8, 4) is 22.9 Å². The lowest BCUT2D eigenvalue weighted by Crippen LogP contribution is -2.31. The molecule has 8 heteroatoms. The predicted octanol–water partition coefficient (Wildman–Crippen LogP) is 3.13. The number of ether oxygens (including phenoxy) is 2. The van der Waals surface area contributed by atoms with E-state index in [9.17, 15) is 4.79 Å². The van der Waals surface area contributed by atoms with Crippen molar-refractivity contribution in [2.75, 3.05) is 19.0 Å². The van der Waals surface area contributed by atoms with E-state index in [1.165, 1.54) is 0 Å². The van der Waals surface area contributed by atoms with Crippen molar-refractivity contribution in [3.05, 3.63) is 65.4 Å². The van der Waals surface area contributed by atoms with E-state index < -0.39 is 11.9 Å². The minimum Gasteiger partial charge on any atom is -0.497 e. The van der Waals surface area contributed by atoms with Crippen LogP contribution in [0.25, 0.3) is 11.4 Å². The summed E-state index contributed by atoms with van der Waals surface area (Å²) in [6.07, 6.45) is 0. The second kappa shape index (κ2) is 7.90. The van der Waals surface area contributed by atoms with Crippen molar-refractivity contribution < 1.29 is 14.3 Å². The van der Waals surface area contributed by atoms with Crippen LogP contribution in [0.4, 0.5) is 5.95 Å². The van der Waals surface area contributed by atoms with Gasteiger partial charge in [0.15, 0.2) is 5.82 Å². The number of carbonyl (C=O) groups excluding carboxylic acids is 1. The lowest BCUT2D eigenvalue weighted by molar-refractivity contribution is -0.115. The fourth-order valence-corrected chi connectivity index (χ4v) is 3.58. The first kappa shape index (κ1) is 19.5. The van der Waals surface area contributed by atoms with Crippen LogP contribution in [-0.2, 0) is 4.79 Å². The van der Waals surface area contributed by atoms with E-state index in [-0.39, 0.29) is 0 Å². The number of nitrogens with one attached hydrogen (secondary N) is 1. The molecule has 0 spiro atoms. The number of aromatic nitrogens is 3. The van der Waals surface area contributed by atoms with Crippen molar-refractivity contribution in [2.45, 2.75) is 19.9 Å². The van der Waals surface area contributed by atoms with E-state index in [1.807, 2.05) is 62.4 Å². The Labute approximate surface area is 174 Å². The third-order valence-electron chi connectivity index (χ3n) is 4.95. The Kier molecular flexibility index (Phi) is 5.14. The van der Waals surface area contributed by atoms with Crippen molar-refractivity contribution in [2.24, 2.45) is 5.73 Å². The van der Waals surface area contributed by atoms with Gasteiger partial charge in [0.1, 0.15) is 17.5 Å². The summed E-state index contributed by atoms with van der Waals surface area (Å²) in [5, 5.41) is 7.85. The normalized spacial score (nSPS) is 15.4. The molecular weight excluding hydrogens is 382 g/mol. The minimum absolute atomic E-state index is 0.430. The molecule has 0 saturated carbocycles. The maximum absolute atomic E-state index is 12.3. The lowest BCUT2D eigenvalue weighted by atomic mass is 9.95. The first-order valence-corrected chi connectivity index (χ1v) is 9.63. The van der Waals surface area contributed by atoms with Gasteiger partial charge in [0.2, 0.25) is 11.9 Å². The van der Waals surface area contributed by atoms with Crippen LogP contribution < -0.4 is 20.5 Å². The summed E-state index contributed by atoms with van der Waals surface area (Å²) in [7, 11) is 1.60. The molecule has 0 saturated heterocycles. The Morgan fingerprint density at radius 2 is 1.97 bits per heavy atom. The van der Waals surface area contributed by atoms with Crippen molar-refractivity contribution in [1.82, 2.24) is 14.8 Å². The molecule has 1 unspecified atom stereocenters. The van der Waals surface area contributed by atoms with Crippen molar-refractivity contribution in [3.63, 3.8) is 0 Å². The van der Waals surface area contributed by atoms with Crippen LogP contribution in [0.15, 0.2) is 59.8 Å². The van der Waals surface area contributed by atoms with E-state index in [4.69, 9.17) is 20.3 Å². The minimum atomic E-state index is -0.517. The van der Waals surface area contributed by atoms with E-state index in [0.717, 1.165) is 16.9 Å². The number of nitrogens with zero attached hydrogens (tertiary/aromatic N) is 3. The first-order valence-electron chi connectivity index (χ1n) is 9.63. The van der Waals surface area contributed by atoms with Crippen LogP contribution in [0.3, 0.4) is 0 Å². The zero-order valence-corrected chi connectivity index (χ0v) is 17.0. The average molecular weight is 405 g/mol. The summed E-state index contributed by atoms with van der Waals surface area (Å²) < 4.78 is 12.5. The Morgan fingerprint density at radius 1 is 1.20 bits per heavy atom. The number of hydrogen-bond acceptors (Lipinski definition) is 6. The number of allylic oxidation sites excluding steroid dienone is 1. The number of primary amides is 1. The molecule has 1 aliphatic rings. The van der Waals surface area contributed by atoms with Gasteiger partial charge in [-0.3, -0.25) is 4.79 Å². The van der Waals surface area contributed by atoms with Gasteiger partial charge in [-0.25, -0.2) is 4.68 Å². The predicted molar refractivity (Wildman–Crippen MR) is 113 cm³/mol. The van der Waals surface area contributed by atoms with E-state index in [0.29, 0.717) is 35.4 Å². The number of carbonyl (C=O) groups is 1.